The minimum absolute atomic E-state index is 0.0785. The number of amides is 1. The molecule has 1 aromatic carbocycles. The van der Waals surface area contributed by atoms with Gasteiger partial charge < -0.3 is 9.80 Å². The molecule has 1 amide bonds. The number of nitrogens with zero attached hydrogens (tertiary/aromatic N) is 4. The van der Waals surface area contributed by atoms with Crippen molar-refractivity contribution < 1.29 is 9.18 Å². The van der Waals surface area contributed by atoms with Crippen molar-refractivity contribution >= 4 is 27.8 Å². The highest BCUT2D eigenvalue weighted by molar-refractivity contribution is 9.09. The first-order chi connectivity index (χ1) is 11.6. The van der Waals surface area contributed by atoms with Crippen molar-refractivity contribution in [3.8, 4) is 11.8 Å². The third-order valence-electron chi connectivity index (χ3n) is 3.57. The third kappa shape index (κ3) is 3.89. The quantitative estimate of drug-likeness (QED) is 0.426. The van der Waals surface area contributed by atoms with Gasteiger partial charge in [-0.15, -0.1) is 0 Å². The minimum atomic E-state index is -0.326. The first-order valence-electron chi connectivity index (χ1n) is 7.38. The van der Waals surface area contributed by atoms with Crippen LogP contribution in [0.1, 0.15) is 5.56 Å². The summed E-state index contributed by atoms with van der Waals surface area (Å²) in [6.45, 7) is 1.64. The molecule has 0 saturated carbocycles. The van der Waals surface area contributed by atoms with Crippen molar-refractivity contribution in [1.82, 2.24) is 14.9 Å². The monoisotopic (exact) mass is 388 g/mol. The van der Waals surface area contributed by atoms with E-state index in [1.165, 1.54) is 12.1 Å². The molecule has 1 unspecified atom stereocenters. The van der Waals surface area contributed by atoms with Crippen LogP contribution in [0.4, 0.5) is 10.3 Å². The zero-order valence-electron chi connectivity index (χ0n) is 12.7. The van der Waals surface area contributed by atoms with Crippen molar-refractivity contribution in [3.63, 3.8) is 0 Å². The SMILES string of the molecule is O=C(C#Cc1ccc(F)cc1)N1CCN(c2ncccn2)C(Br)C1. The minimum Gasteiger partial charge on any atom is -0.327 e. The van der Waals surface area contributed by atoms with E-state index < -0.39 is 0 Å². The van der Waals surface area contributed by atoms with E-state index in [-0.39, 0.29) is 16.7 Å². The number of alkyl halides is 1. The molecular weight excluding hydrogens is 375 g/mol. The lowest BCUT2D eigenvalue weighted by Crippen LogP contribution is -2.52. The Labute approximate surface area is 147 Å². The first kappa shape index (κ1) is 16.4. The molecule has 5 nitrogen and oxygen atoms in total. The Morgan fingerprint density at radius 3 is 2.58 bits per heavy atom. The van der Waals surface area contributed by atoms with Gasteiger partial charge in [-0.3, -0.25) is 4.79 Å². The smallest absolute Gasteiger partial charge is 0.298 e. The number of rotatable bonds is 1. The van der Waals surface area contributed by atoms with Crippen molar-refractivity contribution in [2.45, 2.75) is 4.95 Å². The topological polar surface area (TPSA) is 49.3 Å². The fraction of sp³-hybridized carbons (Fsp3) is 0.235. The summed E-state index contributed by atoms with van der Waals surface area (Å²) in [5.41, 5.74) is 0.608. The molecule has 1 aliphatic heterocycles. The fourth-order valence-electron chi connectivity index (χ4n) is 2.33. The van der Waals surface area contributed by atoms with Gasteiger partial charge in [0.25, 0.3) is 5.91 Å². The predicted octanol–water partition coefficient (Wildman–Crippen LogP) is 2.04. The number of hydrogen-bond donors (Lipinski definition) is 0. The van der Waals surface area contributed by atoms with Crippen LogP contribution in [-0.2, 0) is 4.79 Å². The van der Waals surface area contributed by atoms with Gasteiger partial charge in [-0.25, -0.2) is 14.4 Å². The molecule has 1 aromatic heterocycles. The second-order valence-corrected chi connectivity index (χ2v) is 6.24. The second kappa shape index (κ2) is 7.41. The Kier molecular flexibility index (Phi) is 5.06. The lowest BCUT2D eigenvalue weighted by Gasteiger charge is -2.37. The Bertz CT molecular complexity index is 773. The number of aromatic nitrogens is 2. The van der Waals surface area contributed by atoms with Crippen LogP contribution >= 0.6 is 15.9 Å². The normalized spacial score (nSPS) is 17.2. The summed E-state index contributed by atoms with van der Waals surface area (Å²) in [7, 11) is 0. The molecule has 3 rings (SSSR count). The molecule has 0 aliphatic carbocycles. The van der Waals surface area contributed by atoms with Crippen molar-refractivity contribution in [2.75, 3.05) is 24.5 Å². The van der Waals surface area contributed by atoms with Crippen molar-refractivity contribution in [3.05, 3.63) is 54.1 Å². The van der Waals surface area contributed by atoms with Gasteiger partial charge in [0.15, 0.2) is 0 Å². The molecule has 1 aliphatic rings. The molecule has 122 valence electrons. The van der Waals surface area contributed by atoms with E-state index in [1.807, 2.05) is 4.90 Å². The van der Waals surface area contributed by atoms with Gasteiger partial charge in [0.05, 0.1) is 6.54 Å². The van der Waals surface area contributed by atoms with Crippen LogP contribution in [0.15, 0.2) is 42.7 Å². The summed E-state index contributed by atoms with van der Waals surface area (Å²) in [6, 6.07) is 7.50. The molecule has 7 heteroatoms. The Morgan fingerprint density at radius 2 is 1.92 bits per heavy atom. The van der Waals surface area contributed by atoms with Crippen LogP contribution < -0.4 is 4.90 Å². The van der Waals surface area contributed by atoms with E-state index in [9.17, 15) is 9.18 Å². The number of carbonyl (C=O) groups excluding carboxylic acids is 1. The van der Waals surface area contributed by atoms with E-state index in [0.717, 1.165) is 0 Å². The summed E-state index contributed by atoms with van der Waals surface area (Å²) < 4.78 is 12.9. The lowest BCUT2D eigenvalue weighted by atomic mass is 10.2. The maximum absolute atomic E-state index is 12.9. The Morgan fingerprint density at radius 1 is 1.21 bits per heavy atom. The van der Waals surface area contributed by atoms with Crippen LogP contribution in [0, 0.1) is 17.7 Å². The molecule has 2 heterocycles. The van der Waals surface area contributed by atoms with Gasteiger partial charge in [-0.05, 0) is 30.3 Å². The molecule has 0 radical (unpaired) electrons. The Balaban J connectivity index is 1.63. The van der Waals surface area contributed by atoms with Gasteiger partial charge in [0, 0.05) is 37.0 Å². The van der Waals surface area contributed by atoms with Crippen LogP contribution in [0.2, 0.25) is 0 Å². The zero-order valence-corrected chi connectivity index (χ0v) is 14.3. The number of benzene rings is 1. The van der Waals surface area contributed by atoms with Gasteiger partial charge in [0.1, 0.15) is 10.8 Å². The van der Waals surface area contributed by atoms with E-state index in [1.54, 1.807) is 35.5 Å². The molecule has 0 bridgehead atoms. The first-order valence-corrected chi connectivity index (χ1v) is 8.29. The maximum atomic E-state index is 12.9. The van der Waals surface area contributed by atoms with Crippen molar-refractivity contribution in [2.24, 2.45) is 0 Å². The number of anilines is 1. The van der Waals surface area contributed by atoms with Crippen LogP contribution in [0.5, 0.6) is 0 Å². The van der Waals surface area contributed by atoms with Crippen LogP contribution in [0.3, 0.4) is 0 Å². The highest BCUT2D eigenvalue weighted by Gasteiger charge is 2.28. The summed E-state index contributed by atoms with van der Waals surface area (Å²) in [4.78, 5) is 24.3. The second-order valence-electron chi connectivity index (χ2n) is 5.18. The van der Waals surface area contributed by atoms with Gasteiger partial charge >= 0.3 is 0 Å². The zero-order chi connectivity index (χ0) is 16.9. The van der Waals surface area contributed by atoms with Gasteiger partial charge in [-0.1, -0.05) is 21.9 Å². The van der Waals surface area contributed by atoms with E-state index in [4.69, 9.17) is 0 Å². The largest absolute Gasteiger partial charge is 0.327 e. The molecular formula is C17H14BrFN4O. The van der Waals surface area contributed by atoms with Crippen LogP contribution in [-0.4, -0.2) is 45.4 Å². The van der Waals surface area contributed by atoms with Crippen LogP contribution in [0.25, 0.3) is 0 Å². The number of hydrogen-bond acceptors (Lipinski definition) is 4. The summed E-state index contributed by atoms with van der Waals surface area (Å²) >= 11 is 3.57. The molecule has 24 heavy (non-hydrogen) atoms. The molecule has 1 atom stereocenters. The number of halogens is 2. The summed E-state index contributed by atoms with van der Waals surface area (Å²) in [5.74, 6) is 5.42. The molecule has 0 N–H and O–H groups in total. The molecule has 1 fully saturated rings. The third-order valence-corrected chi connectivity index (χ3v) is 4.36. The average Bonchev–Trinajstić information content (AvgIpc) is 2.61. The lowest BCUT2D eigenvalue weighted by molar-refractivity contribution is -0.125. The molecule has 0 spiro atoms. The standard InChI is InChI=1S/C17H14BrFN4O/c18-15-12-22(10-11-23(15)17-20-8-1-9-21-17)16(24)7-4-13-2-5-14(19)6-3-13/h1-3,5-6,8-9,15H,10-12H2. The highest BCUT2D eigenvalue weighted by Crippen LogP contribution is 2.19. The summed E-state index contributed by atoms with van der Waals surface area (Å²) in [6.07, 6.45) is 3.38. The number of carbonyl (C=O) groups is 1. The van der Waals surface area contributed by atoms with E-state index >= 15 is 0 Å². The summed E-state index contributed by atoms with van der Waals surface area (Å²) in [5, 5.41) is 0. The average molecular weight is 389 g/mol. The molecule has 2 aromatic rings. The highest BCUT2D eigenvalue weighted by atomic mass is 79.9. The fourth-order valence-corrected chi connectivity index (χ4v) is 3.06. The maximum Gasteiger partial charge on any atom is 0.298 e. The Hall–Kier alpha value is -2.46. The predicted molar refractivity (Wildman–Crippen MR) is 92.0 cm³/mol. The van der Waals surface area contributed by atoms with E-state index in [2.05, 4.69) is 37.7 Å². The van der Waals surface area contributed by atoms with Crippen molar-refractivity contribution in [1.29, 1.82) is 0 Å². The molecule has 1 saturated heterocycles. The van der Waals surface area contributed by atoms with Gasteiger partial charge in [0.2, 0.25) is 5.95 Å². The van der Waals surface area contributed by atoms with E-state index in [0.29, 0.717) is 31.1 Å². The number of piperazine rings is 1. The van der Waals surface area contributed by atoms with Gasteiger partial charge in [-0.2, -0.15) is 0 Å².